The zero-order chi connectivity index (χ0) is 17.4. The molecule has 1 atom stereocenters. The molecule has 1 fully saturated rings. The first kappa shape index (κ1) is 17.3. The molecule has 0 spiro atoms. The number of halogens is 1. The highest BCUT2D eigenvalue weighted by atomic mass is 79.9. The average molecular weight is 440 g/mol. The van der Waals surface area contributed by atoms with Crippen molar-refractivity contribution in [2.45, 2.75) is 37.6 Å². The van der Waals surface area contributed by atoms with Gasteiger partial charge in [-0.2, -0.15) is 16.9 Å². The summed E-state index contributed by atoms with van der Waals surface area (Å²) in [6, 6.07) is 3.63. The number of thioether (sulfide) groups is 1. The molecular formula is C17H18BrN3O2S2. The minimum Gasteiger partial charge on any atom is -0.333 e. The molecule has 0 aromatic carbocycles. The highest BCUT2D eigenvalue weighted by Gasteiger charge is 2.31. The Hall–Kier alpha value is -1.12. The molecule has 0 saturated carbocycles. The van der Waals surface area contributed by atoms with Crippen LogP contribution in [0.5, 0.6) is 0 Å². The van der Waals surface area contributed by atoms with E-state index in [1.54, 1.807) is 10.7 Å². The lowest BCUT2D eigenvalue weighted by molar-refractivity contribution is 0.0725. The largest absolute Gasteiger partial charge is 0.333 e. The van der Waals surface area contributed by atoms with E-state index in [2.05, 4.69) is 21.0 Å². The van der Waals surface area contributed by atoms with Gasteiger partial charge in [-0.3, -0.25) is 9.59 Å². The summed E-state index contributed by atoms with van der Waals surface area (Å²) >= 11 is 6.70. The van der Waals surface area contributed by atoms with Gasteiger partial charge < -0.3 is 4.90 Å². The summed E-state index contributed by atoms with van der Waals surface area (Å²) in [4.78, 5) is 27.8. The first-order chi connectivity index (χ1) is 12.1. The quantitative estimate of drug-likeness (QED) is 0.736. The molecule has 2 aliphatic heterocycles. The van der Waals surface area contributed by atoms with Crippen molar-refractivity contribution in [1.29, 1.82) is 0 Å². The fourth-order valence-corrected chi connectivity index (χ4v) is 5.78. The van der Waals surface area contributed by atoms with Crippen molar-refractivity contribution in [1.82, 2.24) is 14.7 Å². The van der Waals surface area contributed by atoms with Crippen LogP contribution in [0.2, 0.25) is 0 Å². The second-order valence-electron chi connectivity index (χ2n) is 6.36. The zero-order valence-corrected chi connectivity index (χ0v) is 16.8. The van der Waals surface area contributed by atoms with Gasteiger partial charge in [-0.15, -0.1) is 11.3 Å². The van der Waals surface area contributed by atoms with Crippen LogP contribution >= 0.6 is 39.0 Å². The standard InChI is InChI=1S/C17H18BrN3O2S2/c18-12-7-15(25-10-12)17(23)20-4-1-2-13(20)8-21-16(22)6-11-9-24-5-3-14(11)19-21/h6-7,10,13H,1-5,8-9H2. The van der Waals surface area contributed by atoms with Gasteiger partial charge in [-0.25, -0.2) is 4.68 Å². The SMILES string of the molecule is O=C(c1cc(Br)cs1)N1CCCC1Cn1nc2c(cc1=O)CSCC2. The molecular weight excluding hydrogens is 422 g/mol. The molecule has 0 radical (unpaired) electrons. The van der Waals surface area contributed by atoms with E-state index in [9.17, 15) is 9.59 Å². The molecule has 2 aliphatic rings. The number of likely N-dealkylation sites (tertiary alicyclic amines) is 1. The Morgan fingerprint density at radius 1 is 1.40 bits per heavy atom. The molecule has 4 rings (SSSR count). The van der Waals surface area contributed by atoms with Gasteiger partial charge in [0, 0.05) is 34.6 Å². The third kappa shape index (κ3) is 3.57. The number of fused-ring (bicyclic) bond motifs is 1. The Kier molecular flexibility index (Phi) is 5.01. The van der Waals surface area contributed by atoms with Crippen LogP contribution in [0, 0.1) is 0 Å². The number of aryl methyl sites for hydroxylation is 1. The second-order valence-corrected chi connectivity index (χ2v) is 9.30. The lowest BCUT2D eigenvalue weighted by atomic mass is 10.2. The average Bonchev–Trinajstić information content (AvgIpc) is 3.24. The number of nitrogens with zero attached hydrogens (tertiary/aromatic N) is 3. The third-order valence-corrected chi connectivity index (χ3v) is 7.39. The van der Waals surface area contributed by atoms with Gasteiger partial charge in [0.1, 0.15) is 0 Å². The predicted octanol–water partition coefficient (Wildman–Crippen LogP) is 3.16. The maximum Gasteiger partial charge on any atom is 0.267 e. The van der Waals surface area contributed by atoms with Gasteiger partial charge in [0.25, 0.3) is 11.5 Å². The van der Waals surface area contributed by atoms with E-state index in [4.69, 9.17) is 0 Å². The zero-order valence-electron chi connectivity index (χ0n) is 13.6. The summed E-state index contributed by atoms with van der Waals surface area (Å²) in [7, 11) is 0. The van der Waals surface area contributed by atoms with Crippen LogP contribution in [0.1, 0.15) is 33.8 Å². The van der Waals surface area contributed by atoms with Crippen LogP contribution in [-0.4, -0.2) is 38.9 Å². The topological polar surface area (TPSA) is 55.2 Å². The van der Waals surface area contributed by atoms with E-state index in [0.717, 1.165) is 57.9 Å². The minimum atomic E-state index is -0.0561. The Morgan fingerprint density at radius 3 is 3.08 bits per heavy atom. The van der Waals surface area contributed by atoms with Gasteiger partial charge in [0.05, 0.1) is 23.2 Å². The van der Waals surface area contributed by atoms with Gasteiger partial charge in [-0.05, 0) is 46.2 Å². The lowest BCUT2D eigenvalue weighted by Gasteiger charge is -2.25. The van der Waals surface area contributed by atoms with E-state index in [1.807, 2.05) is 28.1 Å². The van der Waals surface area contributed by atoms with E-state index in [1.165, 1.54) is 11.3 Å². The predicted molar refractivity (Wildman–Crippen MR) is 104 cm³/mol. The van der Waals surface area contributed by atoms with Crippen molar-refractivity contribution < 1.29 is 4.79 Å². The van der Waals surface area contributed by atoms with Crippen molar-refractivity contribution in [2.24, 2.45) is 0 Å². The van der Waals surface area contributed by atoms with Crippen LogP contribution in [0.25, 0.3) is 0 Å². The van der Waals surface area contributed by atoms with Crippen molar-refractivity contribution in [3.8, 4) is 0 Å². The molecule has 132 valence electrons. The lowest BCUT2D eigenvalue weighted by Crippen LogP contribution is -2.40. The molecule has 8 heteroatoms. The molecule has 2 aromatic heterocycles. The molecule has 1 unspecified atom stereocenters. The number of rotatable bonds is 3. The summed E-state index contributed by atoms with van der Waals surface area (Å²) < 4.78 is 2.50. The van der Waals surface area contributed by atoms with Crippen LogP contribution in [0.4, 0.5) is 0 Å². The van der Waals surface area contributed by atoms with Crippen molar-refractivity contribution in [2.75, 3.05) is 12.3 Å². The van der Waals surface area contributed by atoms with E-state index in [0.29, 0.717) is 6.54 Å². The van der Waals surface area contributed by atoms with Crippen molar-refractivity contribution in [3.05, 3.63) is 48.5 Å². The first-order valence-electron chi connectivity index (χ1n) is 8.34. The van der Waals surface area contributed by atoms with E-state index in [-0.39, 0.29) is 17.5 Å². The minimum absolute atomic E-state index is 0.0367. The second kappa shape index (κ2) is 7.25. The molecule has 25 heavy (non-hydrogen) atoms. The Morgan fingerprint density at radius 2 is 2.28 bits per heavy atom. The number of carbonyl (C=O) groups is 1. The Labute approximate surface area is 162 Å². The maximum absolute atomic E-state index is 12.8. The molecule has 1 saturated heterocycles. The highest BCUT2D eigenvalue weighted by molar-refractivity contribution is 9.10. The first-order valence-corrected chi connectivity index (χ1v) is 11.2. The smallest absolute Gasteiger partial charge is 0.267 e. The van der Waals surface area contributed by atoms with Crippen LogP contribution < -0.4 is 5.56 Å². The molecule has 0 bridgehead atoms. The molecule has 0 N–H and O–H groups in total. The summed E-state index contributed by atoms with van der Waals surface area (Å²) in [6.07, 6.45) is 2.80. The van der Waals surface area contributed by atoms with Gasteiger partial charge >= 0.3 is 0 Å². The van der Waals surface area contributed by atoms with Crippen molar-refractivity contribution in [3.63, 3.8) is 0 Å². The molecule has 2 aromatic rings. The maximum atomic E-state index is 12.8. The summed E-state index contributed by atoms with van der Waals surface area (Å²) in [5.74, 6) is 1.99. The fraction of sp³-hybridized carbons (Fsp3) is 0.471. The number of thiophene rings is 1. The Balaban J connectivity index is 1.55. The van der Waals surface area contributed by atoms with Crippen LogP contribution in [-0.2, 0) is 18.7 Å². The molecule has 1 amide bonds. The monoisotopic (exact) mass is 439 g/mol. The van der Waals surface area contributed by atoms with Gasteiger partial charge in [-0.1, -0.05) is 0 Å². The van der Waals surface area contributed by atoms with Crippen molar-refractivity contribution >= 4 is 44.9 Å². The molecule has 0 aliphatic carbocycles. The Bertz CT molecular complexity index is 864. The summed E-state index contributed by atoms with van der Waals surface area (Å²) in [5, 5.41) is 6.52. The van der Waals surface area contributed by atoms with Crippen LogP contribution in [0.15, 0.2) is 26.8 Å². The highest BCUT2D eigenvalue weighted by Crippen LogP contribution is 2.26. The van der Waals surface area contributed by atoms with E-state index >= 15 is 0 Å². The van der Waals surface area contributed by atoms with E-state index < -0.39 is 0 Å². The number of aromatic nitrogens is 2. The number of hydrogen-bond donors (Lipinski definition) is 0. The number of amides is 1. The fourth-order valence-electron chi connectivity index (χ4n) is 3.44. The van der Waals surface area contributed by atoms with Gasteiger partial charge in [0.2, 0.25) is 0 Å². The van der Waals surface area contributed by atoms with Gasteiger partial charge in [0.15, 0.2) is 0 Å². The number of carbonyl (C=O) groups excluding carboxylic acids is 1. The number of hydrogen-bond acceptors (Lipinski definition) is 5. The molecule has 5 nitrogen and oxygen atoms in total. The summed E-state index contributed by atoms with van der Waals surface area (Å²) in [5.41, 5.74) is 2.05. The van der Waals surface area contributed by atoms with Crippen LogP contribution in [0.3, 0.4) is 0 Å². The third-order valence-electron chi connectivity index (χ3n) is 4.70. The summed E-state index contributed by atoms with van der Waals surface area (Å²) in [6.45, 7) is 1.23. The normalized spacial score (nSPS) is 19.9. The molecule has 4 heterocycles.